The zero-order valence-electron chi connectivity index (χ0n) is 5.21. The van der Waals surface area contributed by atoms with Crippen LogP contribution in [0.15, 0.2) is 30.3 Å². The maximum Gasteiger partial charge on any atom is 0 e. The number of hydrogen-bond donors (Lipinski definition) is 0. The van der Waals surface area contributed by atoms with E-state index in [2.05, 4.69) is 6.92 Å². The second-order valence-corrected chi connectivity index (χ2v) is 1.49. The maximum absolute atomic E-state index is 3.72. The molecule has 2 heteroatoms. The number of hydrogen-bond acceptors (Lipinski definition) is 0. The van der Waals surface area contributed by atoms with E-state index >= 15 is 0 Å². The molecule has 0 heterocycles. The molecule has 0 aliphatic carbocycles. The van der Waals surface area contributed by atoms with Crippen molar-refractivity contribution in [2.75, 3.05) is 0 Å². The van der Waals surface area contributed by atoms with Crippen molar-refractivity contribution in [3.63, 3.8) is 0 Å². The molecule has 0 saturated carbocycles. The van der Waals surface area contributed by atoms with Gasteiger partial charge in [-0.1, -0.05) is 6.07 Å². The van der Waals surface area contributed by atoms with Crippen LogP contribution in [0.25, 0.3) is 0 Å². The third kappa shape index (κ3) is 4.68. The fourth-order valence-electron chi connectivity index (χ4n) is 0.478. The van der Waals surface area contributed by atoms with Crippen molar-refractivity contribution in [2.45, 2.75) is 0 Å². The molecule has 1 rings (SSSR count). The van der Waals surface area contributed by atoms with Gasteiger partial charge in [0.1, 0.15) is 0 Å². The molecule has 0 amide bonds. The van der Waals surface area contributed by atoms with Crippen LogP contribution in [0.1, 0.15) is 5.56 Å². The first-order valence-corrected chi connectivity index (χ1v) is 2.26. The molecule has 9 heavy (non-hydrogen) atoms. The van der Waals surface area contributed by atoms with Crippen LogP contribution in [0.4, 0.5) is 0 Å². The molecular formula is C7H8BrZn-. The summed E-state index contributed by atoms with van der Waals surface area (Å²) in [4.78, 5) is 0. The largest absolute Gasteiger partial charge is 0.199 e. The molecule has 0 bridgehead atoms. The van der Waals surface area contributed by atoms with Crippen LogP contribution in [0.2, 0.25) is 0 Å². The number of benzene rings is 1. The van der Waals surface area contributed by atoms with E-state index in [1.54, 1.807) is 0 Å². The van der Waals surface area contributed by atoms with Crippen LogP contribution in [-0.4, -0.2) is 0 Å². The van der Waals surface area contributed by atoms with Gasteiger partial charge in [0.15, 0.2) is 0 Å². The van der Waals surface area contributed by atoms with Gasteiger partial charge in [-0.25, -0.2) is 0 Å². The van der Waals surface area contributed by atoms with E-state index in [0.717, 1.165) is 5.56 Å². The zero-order chi connectivity index (χ0) is 5.11. The molecule has 0 spiro atoms. The minimum atomic E-state index is 0. The summed E-state index contributed by atoms with van der Waals surface area (Å²) in [5.41, 5.74) is 1.07. The first-order chi connectivity index (χ1) is 3.39. The minimum Gasteiger partial charge on any atom is -0.199 e. The van der Waals surface area contributed by atoms with Crippen LogP contribution < -0.4 is 0 Å². The summed E-state index contributed by atoms with van der Waals surface area (Å²) in [7, 11) is 0. The van der Waals surface area contributed by atoms with Gasteiger partial charge in [0.2, 0.25) is 0 Å². The summed E-state index contributed by atoms with van der Waals surface area (Å²) in [5, 5.41) is 0. The summed E-state index contributed by atoms with van der Waals surface area (Å²) >= 11 is 0. The molecule has 0 unspecified atom stereocenters. The van der Waals surface area contributed by atoms with Crippen LogP contribution in [0, 0.1) is 6.92 Å². The molecule has 0 aliphatic heterocycles. The SMILES string of the molecule is Br.[CH2-]c1ccccc1.[Zn]. The predicted octanol–water partition coefficient (Wildman–Crippen LogP) is 2.44. The molecule has 0 nitrogen and oxygen atoms in total. The molecule has 0 aliphatic rings. The van der Waals surface area contributed by atoms with Crippen molar-refractivity contribution in [1.29, 1.82) is 0 Å². The van der Waals surface area contributed by atoms with Gasteiger partial charge in [-0.2, -0.15) is 24.6 Å². The van der Waals surface area contributed by atoms with E-state index in [-0.39, 0.29) is 36.5 Å². The van der Waals surface area contributed by atoms with Crippen molar-refractivity contribution in [1.82, 2.24) is 0 Å². The molecule has 1 aromatic rings. The van der Waals surface area contributed by atoms with E-state index in [0.29, 0.717) is 0 Å². The Labute approximate surface area is 79.2 Å². The Morgan fingerprint density at radius 2 is 1.44 bits per heavy atom. The van der Waals surface area contributed by atoms with E-state index in [9.17, 15) is 0 Å². The second-order valence-electron chi connectivity index (χ2n) is 1.49. The van der Waals surface area contributed by atoms with Crippen molar-refractivity contribution < 1.29 is 19.5 Å². The number of rotatable bonds is 0. The van der Waals surface area contributed by atoms with Crippen molar-refractivity contribution >= 4 is 17.0 Å². The zero-order valence-corrected chi connectivity index (χ0v) is 9.89. The fourth-order valence-corrected chi connectivity index (χ4v) is 0.478. The Bertz CT molecular complexity index is 139. The Kier molecular flexibility index (Phi) is 8.37. The van der Waals surface area contributed by atoms with Gasteiger partial charge >= 0.3 is 0 Å². The standard InChI is InChI=1S/C7H7.BrH.Zn/c1-7-5-3-2-4-6-7;;/h2-6H,1H2;1H;/q-1;;. The molecule has 1 aromatic carbocycles. The van der Waals surface area contributed by atoms with Gasteiger partial charge in [0.25, 0.3) is 0 Å². The van der Waals surface area contributed by atoms with Gasteiger partial charge in [-0.3, -0.25) is 0 Å². The Morgan fingerprint density at radius 3 is 1.67 bits per heavy atom. The van der Waals surface area contributed by atoms with Crippen LogP contribution in [0.3, 0.4) is 0 Å². The smallest absolute Gasteiger partial charge is 0 e. The van der Waals surface area contributed by atoms with Crippen molar-refractivity contribution in [3.8, 4) is 0 Å². The van der Waals surface area contributed by atoms with Gasteiger partial charge in [0, 0.05) is 19.5 Å². The average molecular weight is 237 g/mol. The summed E-state index contributed by atoms with van der Waals surface area (Å²) in [6.45, 7) is 3.72. The summed E-state index contributed by atoms with van der Waals surface area (Å²) < 4.78 is 0. The Balaban J connectivity index is 0. The summed E-state index contributed by atoms with van der Waals surface area (Å²) in [6.07, 6.45) is 0. The number of halogens is 1. The van der Waals surface area contributed by atoms with Crippen molar-refractivity contribution in [2.24, 2.45) is 0 Å². The third-order valence-corrected chi connectivity index (χ3v) is 0.843. The molecule has 0 aromatic heterocycles. The topological polar surface area (TPSA) is 0 Å². The molecule has 0 radical (unpaired) electrons. The molecule has 0 N–H and O–H groups in total. The first kappa shape index (κ1) is 11.9. The molecular weight excluding hydrogens is 229 g/mol. The minimum absolute atomic E-state index is 0. The molecule has 0 atom stereocenters. The van der Waals surface area contributed by atoms with Gasteiger partial charge < -0.3 is 0 Å². The second kappa shape index (κ2) is 6.32. The third-order valence-electron chi connectivity index (χ3n) is 0.843. The quantitative estimate of drug-likeness (QED) is 0.480. The first-order valence-electron chi connectivity index (χ1n) is 2.26. The molecule has 0 fully saturated rings. The predicted molar refractivity (Wildman–Crippen MR) is 41.2 cm³/mol. The van der Waals surface area contributed by atoms with E-state index < -0.39 is 0 Å². The van der Waals surface area contributed by atoms with Gasteiger partial charge in [-0.05, 0) is 0 Å². The Morgan fingerprint density at radius 1 is 1.00 bits per heavy atom. The van der Waals surface area contributed by atoms with Crippen LogP contribution in [0.5, 0.6) is 0 Å². The van der Waals surface area contributed by atoms with E-state index in [4.69, 9.17) is 0 Å². The maximum atomic E-state index is 3.72. The van der Waals surface area contributed by atoms with E-state index in [1.807, 2.05) is 30.3 Å². The summed E-state index contributed by atoms with van der Waals surface area (Å²) in [6, 6.07) is 9.87. The van der Waals surface area contributed by atoms with Crippen molar-refractivity contribution in [3.05, 3.63) is 42.8 Å². The fraction of sp³-hybridized carbons (Fsp3) is 0. The van der Waals surface area contributed by atoms with E-state index in [1.165, 1.54) is 0 Å². The normalized spacial score (nSPS) is 6.67. The van der Waals surface area contributed by atoms with Crippen LogP contribution in [-0.2, 0) is 19.5 Å². The van der Waals surface area contributed by atoms with Crippen LogP contribution >= 0.6 is 17.0 Å². The molecule has 0 saturated heterocycles. The molecule has 46 valence electrons. The summed E-state index contributed by atoms with van der Waals surface area (Å²) in [5.74, 6) is 0. The van der Waals surface area contributed by atoms with Gasteiger partial charge in [0.05, 0.1) is 0 Å². The monoisotopic (exact) mass is 235 g/mol. The van der Waals surface area contributed by atoms with Gasteiger partial charge in [-0.15, -0.1) is 29.1 Å². The average Bonchev–Trinajstić information content (AvgIpc) is 1.69. The Hall–Kier alpha value is 0.193.